The number of carbonyl (C=O) groups excluding carboxylic acids is 1. The molecule has 1 amide bonds. The molecule has 1 aromatic heterocycles. The van der Waals surface area contributed by atoms with Crippen molar-refractivity contribution in [2.75, 3.05) is 26.3 Å². The van der Waals surface area contributed by atoms with Crippen LogP contribution in [0.15, 0.2) is 18.2 Å². The van der Waals surface area contributed by atoms with Gasteiger partial charge in [-0.3, -0.25) is 4.79 Å². The number of nitrogens with zero attached hydrogens (tertiary/aromatic N) is 1. The summed E-state index contributed by atoms with van der Waals surface area (Å²) in [7, 11) is 0. The number of ether oxygens (including phenoxy) is 1. The standard InChI is InChI=1S/C19H17ClF5N3O2/c20-14-5-15(17(29)27-7-10-8-30-2-1-26-10)28-16-11(14)3-9(13-6-18(13,21)22)4-12(16)19(23,24)25/h3-5,10,13,26H,1-2,6-8H2,(H,27,29). The van der Waals surface area contributed by atoms with Gasteiger partial charge in [-0.05, 0) is 23.8 Å². The molecule has 162 valence electrons. The quantitative estimate of drug-likeness (QED) is 0.698. The number of benzene rings is 1. The highest BCUT2D eigenvalue weighted by molar-refractivity contribution is 6.35. The fraction of sp³-hybridized carbons (Fsp3) is 0.474. The van der Waals surface area contributed by atoms with Gasteiger partial charge in [0, 0.05) is 30.9 Å². The van der Waals surface area contributed by atoms with Crippen LogP contribution in [0.2, 0.25) is 5.02 Å². The van der Waals surface area contributed by atoms with Crippen LogP contribution < -0.4 is 10.6 Å². The zero-order valence-electron chi connectivity index (χ0n) is 15.5. The van der Waals surface area contributed by atoms with Gasteiger partial charge in [-0.2, -0.15) is 13.2 Å². The van der Waals surface area contributed by atoms with Crippen LogP contribution in [0.25, 0.3) is 10.9 Å². The monoisotopic (exact) mass is 449 g/mol. The molecule has 1 saturated heterocycles. The van der Waals surface area contributed by atoms with E-state index in [2.05, 4.69) is 15.6 Å². The molecule has 0 radical (unpaired) electrons. The van der Waals surface area contributed by atoms with E-state index in [-0.39, 0.29) is 34.3 Å². The first kappa shape index (κ1) is 21.2. The fourth-order valence-electron chi connectivity index (χ4n) is 3.48. The zero-order valence-corrected chi connectivity index (χ0v) is 16.2. The molecular formula is C19H17ClF5N3O2. The number of halogens is 6. The molecule has 2 aliphatic rings. The number of hydrogen-bond acceptors (Lipinski definition) is 4. The number of carbonyl (C=O) groups is 1. The molecule has 2 fully saturated rings. The van der Waals surface area contributed by atoms with E-state index < -0.39 is 41.4 Å². The predicted octanol–water partition coefficient (Wildman–Crippen LogP) is 3.75. The van der Waals surface area contributed by atoms with E-state index in [1.807, 2.05) is 0 Å². The SMILES string of the molecule is O=C(NCC1COCCN1)c1cc(Cl)c2cc(C3CC3(F)F)cc(C(F)(F)F)c2n1. The number of aromatic nitrogens is 1. The van der Waals surface area contributed by atoms with Crippen LogP contribution in [0.4, 0.5) is 22.0 Å². The predicted molar refractivity (Wildman–Crippen MR) is 99.0 cm³/mol. The van der Waals surface area contributed by atoms with Gasteiger partial charge in [-0.25, -0.2) is 13.8 Å². The summed E-state index contributed by atoms with van der Waals surface area (Å²) in [5.41, 5.74) is -2.19. The maximum absolute atomic E-state index is 13.6. The lowest BCUT2D eigenvalue weighted by Gasteiger charge is -2.23. The summed E-state index contributed by atoms with van der Waals surface area (Å²) in [5, 5.41) is 5.43. The topological polar surface area (TPSA) is 63.2 Å². The third-order valence-corrected chi connectivity index (χ3v) is 5.47. The molecule has 2 unspecified atom stereocenters. The fourth-order valence-corrected chi connectivity index (χ4v) is 3.72. The smallest absolute Gasteiger partial charge is 0.378 e. The van der Waals surface area contributed by atoms with Gasteiger partial charge in [0.15, 0.2) is 0 Å². The highest BCUT2D eigenvalue weighted by Gasteiger charge is 2.58. The molecule has 4 rings (SSSR count). The van der Waals surface area contributed by atoms with Crippen molar-refractivity contribution in [3.05, 3.63) is 40.0 Å². The number of alkyl halides is 5. The molecule has 1 aliphatic carbocycles. The number of morpholine rings is 1. The Morgan fingerprint density at radius 1 is 1.33 bits per heavy atom. The summed E-state index contributed by atoms with van der Waals surface area (Å²) in [6.07, 6.45) is -5.37. The van der Waals surface area contributed by atoms with Crippen molar-refractivity contribution in [1.82, 2.24) is 15.6 Å². The van der Waals surface area contributed by atoms with E-state index in [4.69, 9.17) is 16.3 Å². The van der Waals surface area contributed by atoms with Crippen LogP contribution in [0, 0.1) is 0 Å². The van der Waals surface area contributed by atoms with Crippen LogP contribution >= 0.6 is 11.6 Å². The van der Waals surface area contributed by atoms with Gasteiger partial charge in [-0.15, -0.1) is 0 Å². The van der Waals surface area contributed by atoms with Gasteiger partial charge in [0.05, 0.1) is 35.2 Å². The average molecular weight is 450 g/mol. The van der Waals surface area contributed by atoms with Crippen molar-refractivity contribution < 1.29 is 31.5 Å². The lowest BCUT2D eigenvalue weighted by atomic mass is 10.0. The molecule has 1 saturated carbocycles. The second-order valence-electron chi connectivity index (χ2n) is 7.41. The number of rotatable bonds is 4. The van der Waals surface area contributed by atoms with Gasteiger partial charge in [0.25, 0.3) is 11.8 Å². The summed E-state index contributed by atoms with van der Waals surface area (Å²) < 4.78 is 73.0. The lowest BCUT2D eigenvalue weighted by molar-refractivity contribution is -0.136. The Hall–Kier alpha value is -2.04. The second-order valence-corrected chi connectivity index (χ2v) is 7.81. The van der Waals surface area contributed by atoms with Crippen molar-refractivity contribution in [3.8, 4) is 0 Å². The minimum atomic E-state index is -4.85. The Balaban J connectivity index is 1.68. The molecule has 11 heteroatoms. The number of amides is 1. The van der Waals surface area contributed by atoms with Crippen molar-refractivity contribution in [2.24, 2.45) is 0 Å². The molecule has 0 spiro atoms. The first-order chi connectivity index (χ1) is 14.1. The zero-order chi connectivity index (χ0) is 21.7. The summed E-state index contributed by atoms with van der Waals surface area (Å²) in [4.78, 5) is 16.3. The van der Waals surface area contributed by atoms with Crippen LogP contribution in [0.1, 0.15) is 34.0 Å². The van der Waals surface area contributed by atoms with Crippen molar-refractivity contribution in [1.29, 1.82) is 0 Å². The molecule has 1 aliphatic heterocycles. The Labute approximate surface area is 172 Å². The molecule has 30 heavy (non-hydrogen) atoms. The molecule has 2 N–H and O–H groups in total. The van der Waals surface area contributed by atoms with E-state index in [1.165, 1.54) is 6.07 Å². The molecule has 0 bridgehead atoms. The summed E-state index contributed by atoms with van der Waals surface area (Å²) >= 11 is 6.14. The van der Waals surface area contributed by atoms with Crippen LogP contribution in [0.5, 0.6) is 0 Å². The average Bonchev–Trinajstić information content (AvgIpc) is 3.33. The number of nitrogens with one attached hydrogen (secondary N) is 2. The minimum absolute atomic E-state index is 0.122. The van der Waals surface area contributed by atoms with Gasteiger partial charge < -0.3 is 15.4 Å². The van der Waals surface area contributed by atoms with Gasteiger partial charge in [0.2, 0.25) is 0 Å². The summed E-state index contributed by atoms with van der Waals surface area (Å²) in [6.45, 7) is 1.76. The van der Waals surface area contributed by atoms with Gasteiger partial charge >= 0.3 is 6.18 Å². The molecule has 2 heterocycles. The Morgan fingerprint density at radius 2 is 2.07 bits per heavy atom. The summed E-state index contributed by atoms with van der Waals surface area (Å²) in [6, 6.07) is 2.87. The van der Waals surface area contributed by atoms with E-state index in [0.29, 0.717) is 25.8 Å². The van der Waals surface area contributed by atoms with Gasteiger partial charge in [-0.1, -0.05) is 11.6 Å². The van der Waals surface area contributed by atoms with Crippen LogP contribution in [-0.4, -0.2) is 49.2 Å². The first-order valence-corrected chi connectivity index (χ1v) is 9.62. The van der Waals surface area contributed by atoms with Crippen LogP contribution in [-0.2, 0) is 10.9 Å². The molecule has 2 atom stereocenters. The Kier molecular flexibility index (Phi) is 5.36. The van der Waals surface area contributed by atoms with Crippen LogP contribution in [0.3, 0.4) is 0 Å². The number of hydrogen-bond donors (Lipinski definition) is 2. The number of pyridine rings is 1. The summed E-state index contributed by atoms with van der Waals surface area (Å²) in [5.74, 6) is -5.02. The number of fused-ring (bicyclic) bond motifs is 1. The Bertz CT molecular complexity index is 992. The maximum Gasteiger partial charge on any atom is 0.418 e. The first-order valence-electron chi connectivity index (χ1n) is 9.25. The van der Waals surface area contributed by atoms with Crippen molar-refractivity contribution >= 4 is 28.4 Å². The maximum atomic E-state index is 13.6. The van der Waals surface area contributed by atoms with Gasteiger partial charge in [0.1, 0.15) is 5.69 Å². The van der Waals surface area contributed by atoms with Crippen molar-refractivity contribution in [2.45, 2.75) is 30.5 Å². The van der Waals surface area contributed by atoms with E-state index in [0.717, 1.165) is 6.07 Å². The largest absolute Gasteiger partial charge is 0.418 e. The second kappa shape index (κ2) is 7.58. The Morgan fingerprint density at radius 3 is 2.67 bits per heavy atom. The normalized spacial score (nSPS) is 23.4. The third-order valence-electron chi connectivity index (χ3n) is 5.16. The van der Waals surface area contributed by atoms with E-state index in [9.17, 15) is 26.7 Å². The lowest BCUT2D eigenvalue weighted by Crippen LogP contribution is -2.48. The van der Waals surface area contributed by atoms with E-state index >= 15 is 0 Å². The minimum Gasteiger partial charge on any atom is -0.378 e. The van der Waals surface area contributed by atoms with Crippen molar-refractivity contribution in [3.63, 3.8) is 0 Å². The highest BCUT2D eigenvalue weighted by atomic mass is 35.5. The molecule has 5 nitrogen and oxygen atoms in total. The third kappa shape index (κ3) is 4.21. The highest BCUT2D eigenvalue weighted by Crippen LogP contribution is 2.56. The molecule has 1 aromatic carbocycles. The molecular weight excluding hydrogens is 433 g/mol. The molecule has 2 aromatic rings. The van der Waals surface area contributed by atoms with E-state index in [1.54, 1.807) is 0 Å².